The van der Waals surface area contributed by atoms with Crippen molar-refractivity contribution in [3.05, 3.63) is 87.9 Å². The summed E-state index contributed by atoms with van der Waals surface area (Å²) in [4.78, 5) is 36.9. The van der Waals surface area contributed by atoms with Crippen molar-refractivity contribution in [1.82, 2.24) is 5.32 Å². The standard InChI is InChI=1S/C31H36N2O5/c1-19-15-23-24(31(4,5)14-13-30(23,2)3)17-20(19)16-21-11-12-26(38-21)29(36)33-25-10-8-7-9-22(25)28(35)32-18-27(34)37-6/h7-12,15,17H,13-14,16,18H2,1-6H3,(H,32,35)(H,33,36). The van der Waals surface area contributed by atoms with Gasteiger partial charge in [-0.3, -0.25) is 14.4 Å². The number of anilines is 1. The van der Waals surface area contributed by atoms with Crippen LogP contribution in [0.4, 0.5) is 5.69 Å². The monoisotopic (exact) mass is 516 g/mol. The van der Waals surface area contributed by atoms with E-state index in [2.05, 4.69) is 62.1 Å². The van der Waals surface area contributed by atoms with Crippen LogP contribution in [0.2, 0.25) is 0 Å². The van der Waals surface area contributed by atoms with Crippen LogP contribution >= 0.6 is 0 Å². The first-order chi connectivity index (χ1) is 17.9. The van der Waals surface area contributed by atoms with Gasteiger partial charge in [0, 0.05) is 6.42 Å². The van der Waals surface area contributed by atoms with E-state index in [4.69, 9.17) is 4.42 Å². The van der Waals surface area contributed by atoms with E-state index in [1.807, 2.05) is 6.07 Å². The molecular weight excluding hydrogens is 480 g/mol. The molecule has 1 heterocycles. The number of carbonyl (C=O) groups excluding carboxylic acids is 3. The molecule has 4 rings (SSSR count). The molecule has 0 aliphatic heterocycles. The zero-order chi connectivity index (χ0) is 27.7. The number of amides is 2. The number of hydrogen-bond acceptors (Lipinski definition) is 5. The van der Waals surface area contributed by atoms with Crippen molar-refractivity contribution < 1.29 is 23.5 Å². The molecule has 7 nitrogen and oxygen atoms in total. The molecule has 7 heteroatoms. The summed E-state index contributed by atoms with van der Waals surface area (Å²) in [5, 5.41) is 5.23. The van der Waals surface area contributed by atoms with E-state index in [0.29, 0.717) is 17.9 Å². The molecule has 200 valence electrons. The van der Waals surface area contributed by atoms with Crippen LogP contribution < -0.4 is 10.6 Å². The van der Waals surface area contributed by atoms with Crippen LogP contribution in [0.3, 0.4) is 0 Å². The predicted octanol–water partition coefficient (Wildman–Crippen LogP) is 5.68. The molecule has 0 bridgehead atoms. The van der Waals surface area contributed by atoms with Crippen LogP contribution in [0, 0.1) is 6.92 Å². The summed E-state index contributed by atoms with van der Waals surface area (Å²) in [5.41, 5.74) is 6.01. The molecule has 1 aliphatic carbocycles. The van der Waals surface area contributed by atoms with Crippen LogP contribution in [-0.2, 0) is 26.8 Å². The maximum absolute atomic E-state index is 13.0. The van der Waals surface area contributed by atoms with E-state index < -0.39 is 17.8 Å². The van der Waals surface area contributed by atoms with Crippen molar-refractivity contribution in [1.29, 1.82) is 0 Å². The fraction of sp³-hybridized carbons (Fsp3) is 0.387. The van der Waals surface area contributed by atoms with E-state index in [9.17, 15) is 14.4 Å². The topological polar surface area (TPSA) is 97.6 Å². The van der Waals surface area contributed by atoms with Crippen LogP contribution in [0.15, 0.2) is 52.9 Å². The van der Waals surface area contributed by atoms with Gasteiger partial charge in [-0.1, -0.05) is 52.0 Å². The van der Waals surface area contributed by atoms with Crippen LogP contribution in [0.25, 0.3) is 0 Å². The lowest BCUT2D eigenvalue weighted by Crippen LogP contribution is -2.34. The molecule has 0 radical (unpaired) electrons. The van der Waals surface area contributed by atoms with Crippen LogP contribution in [0.5, 0.6) is 0 Å². The molecule has 0 unspecified atom stereocenters. The summed E-state index contributed by atoms with van der Waals surface area (Å²) in [7, 11) is 1.24. The van der Waals surface area contributed by atoms with Gasteiger partial charge >= 0.3 is 5.97 Å². The Kier molecular flexibility index (Phi) is 7.49. The van der Waals surface area contributed by atoms with Crippen molar-refractivity contribution in [2.24, 2.45) is 0 Å². The quantitative estimate of drug-likeness (QED) is 0.394. The third-order valence-electron chi connectivity index (χ3n) is 7.60. The highest BCUT2D eigenvalue weighted by Gasteiger charge is 2.37. The number of nitrogens with one attached hydrogen (secondary N) is 2. The number of benzene rings is 2. The fourth-order valence-corrected chi connectivity index (χ4v) is 5.03. The molecular formula is C31H36N2O5. The number of rotatable bonds is 7. The van der Waals surface area contributed by atoms with Crippen molar-refractivity contribution in [3.8, 4) is 0 Å². The molecule has 0 atom stereocenters. The molecule has 2 amide bonds. The van der Waals surface area contributed by atoms with Gasteiger partial charge in [-0.15, -0.1) is 0 Å². The molecule has 0 saturated carbocycles. The third kappa shape index (κ3) is 5.67. The molecule has 0 saturated heterocycles. The molecule has 0 spiro atoms. The zero-order valence-corrected chi connectivity index (χ0v) is 23.0. The van der Waals surface area contributed by atoms with Gasteiger partial charge in [-0.25, -0.2) is 0 Å². The molecule has 0 fully saturated rings. The number of aryl methyl sites for hydroxylation is 1. The van der Waals surface area contributed by atoms with Gasteiger partial charge in [0.15, 0.2) is 5.76 Å². The summed E-state index contributed by atoms with van der Waals surface area (Å²) in [6.07, 6.45) is 2.89. The first-order valence-corrected chi connectivity index (χ1v) is 12.9. The minimum Gasteiger partial charge on any atom is -0.468 e. The van der Waals surface area contributed by atoms with E-state index in [1.165, 1.54) is 35.8 Å². The highest BCUT2D eigenvalue weighted by molar-refractivity contribution is 6.08. The molecule has 38 heavy (non-hydrogen) atoms. The van der Waals surface area contributed by atoms with Gasteiger partial charge in [-0.05, 0) is 77.1 Å². The highest BCUT2D eigenvalue weighted by atomic mass is 16.5. The van der Waals surface area contributed by atoms with Gasteiger partial charge in [0.2, 0.25) is 0 Å². The molecule has 2 aromatic carbocycles. The lowest BCUT2D eigenvalue weighted by Gasteiger charge is -2.42. The average Bonchev–Trinajstić information content (AvgIpc) is 3.35. The Morgan fingerprint density at radius 1 is 0.921 bits per heavy atom. The number of hydrogen-bond donors (Lipinski definition) is 2. The number of carbonyl (C=O) groups is 3. The predicted molar refractivity (Wildman–Crippen MR) is 147 cm³/mol. The van der Waals surface area contributed by atoms with Gasteiger partial charge < -0.3 is 19.8 Å². The fourth-order valence-electron chi connectivity index (χ4n) is 5.03. The number of ether oxygens (including phenoxy) is 1. The SMILES string of the molecule is COC(=O)CNC(=O)c1ccccc1NC(=O)c1ccc(Cc2cc3c(cc2C)C(C)(C)CCC3(C)C)o1. The first-order valence-electron chi connectivity index (χ1n) is 12.9. The van der Waals surface area contributed by atoms with Gasteiger partial charge in [0.1, 0.15) is 12.3 Å². The van der Waals surface area contributed by atoms with Gasteiger partial charge in [0.05, 0.1) is 18.4 Å². The zero-order valence-electron chi connectivity index (χ0n) is 23.0. The van der Waals surface area contributed by atoms with Crippen molar-refractivity contribution >= 4 is 23.5 Å². The second-order valence-corrected chi connectivity index (χ2v) is 11.3. The smallest absolute Gasteiger partial charge is 0.325 e. The van der Waals surface area contributed by atoms with Crippen molar-refractivity contribution in [2.75, 3.05) is 19.0 Å². The number of para-hydroxylation sites is 1. The maximum Gasteiger partial charge on any atom is 0.325 e. The summed E-state index contributed by atoms with van der Waals surface area (Å²) < 4.78 is 10.5. The average molecular weight is 517 g/mol. The first kappa shape index (κ1) is 27.2. The number of furan rings is 1. The van der Waals surface area contributed by atoms with E-state index in [0.717, 1.165) is 6.42 Å². The minimum atomic E-state index is -0.565. The minimum absolute atomic E-state index is 0.109. The lowest BCUT2D eigenvalue weighted by molar-refractivity contribution is -0.139. The molecule has 1 aromatic heterocycles. The van der Waals surface area contributed by atoms with E-state index >= 15 is 0 Å². The molecule has 3 aromatic rings. The van der Waals surface area contributed by atoms with Crippen LogP contribution in [-0.4, -0.2) is 31.4 Å². The molecule has 2 N–H and O–H groups in total. The molecule has 1 aliphatic rings. The lowest BCUT2D eigenvalue weighted by atomic mass is 9.62. The highest BCUT2D eigenvalue weighted by Crippen LogP contribution is 2.46. The van der Waals surface area contributed by atoms with Gasteiger partial charge in [-0.2, -0.15) is 0 Å². The second kappa shape index (κ2) is 10.5. The van der Waals surface area contributed by atoms with Crippen LogP contribution in [0.1, 0.15) is 89.5 Å². The second-order valence-electron chi connectivity index (χ2n) is 11.3. The summed E-state index contributed by atoms with van der Waals surface area (Å²) in [5.74, 6) is -0.684. The van der Waals surface area contributed by atoms with E-state index in [-0.39, 0.29) is 28.7 Å². The Morgan fingerprint density at radius 3 is 2.26 bits per heavy atom. The van der Waals surface area contributed by atoms with Crippen molar-refractivity contribution in [2.45, 2.75) is 64.7 Å². The van der Waals surface area contributed by atoms with Gasteiger partial charge in [0.25, 0.3) is 11.8 Å². The maximum atomic E-state index is 13.0. The normalized spacial score (nSPS) is 15.3. The largest absolute Gasteiger partial charge is 0.468 e. The Bertz CT molecular complexity index is 1380. The Morgan fingerprint density at radius 2 is 1.58 bits per heavy atom. The Labute approximate surface area is 224 Å². The summed E-state index contributed by atoms with van der Waals surface area (Å²) in [6.45, 7) is 11.1. The Hall–Kier alpha value is -3.87. The summed E-state index contributed by atoms with van der Waals surface area (Å²) in [6, 6.07) is 14.7. The van der Waals surface area contributed by atoms with Crippen molar-refractivity contribution in [3.63, 3.8) is 0 Å². The number of fused-ring (bicyclic) bond motifs is 1. The number of esters is 1. The van der Waals surface area contributed by atoms with E-state index in [1.54, 1.807) is 30.3 Å². The third-order valence-corrected chi connectivity index (χ3v) is 7.60. The number of methoxy groups -OCH3 is 1. The Balaban J connectivity index is 1.51. The summed E-state index contributed by atoms with van der Waals surface area (Å²) >= 11 is 0.